The molecule has 1 N–H and O–H groups in total. The molecular weight excluding hydrogens is 368 g/mol. The van der Waals surface area contributed by atoms with Gasteiger partial charge in [-0.15, -0.1) is 0 Å². The van der Waals surface area contributed by atoms with Gasteiger partial charge in [0.15, 0.2) is 0 Å². The van der Waals surface area contributed by atoms with Crippen LogP contribution in [0.4, 0.5) is 5.69 Å². The number of anilines is 1. The molecule has 3 aromatic rings. The minimum absolute atomic E-state index is 0.0753. The number of nitriles is 1. The summed E-state index contributed by atoms with van der Waals surface area (Å²) < 4.78 is 5.72. The predicted octanol–water partition coefficient (Wildman–Crippen LogP) is 3.47. The fraction of sp³-hybridized carbons (Fsp3) is 0.0870. The van der Waals surface area contributed by atoms with E-state index < -0.39 is 11.9 Å². The van der Waals surface area contributed by atoms with E-state index in [9.17, 15) is 20.0 Å². The monoisotopic (exact) mass is 385 g/mol. The van der Waals surface area contributed by atoms with Crippen molar-refractivity contribution < 1.29 is 19.1 Å². The highest BCUT2D eigenvalue weighted by Gasteiger charge is 2.14. The van der Waals surface area contributed by atoms with Crippen LogP contribution < -0.4 is 10.4 Å². The number of benzene rings is 2. The van der Waals surface area contributed by atoms with Crippen LogP contribution in [-0.4, -0.2) is 11.9 Å². The Kier molecular flexibility index (Phi) is 5.61. The second kappa shape index (κ2) is 8.28. The number of aromatic carboxylic acids is 1. The third kappa shape index (κ3) is 4.25. The summed E-state index contributed by atoms with van der Waals surface area (Å²) in [7, 11) is 0. The fourth-order valence-corrected chi connectivity index (χ4v) is 2.89. The van der Waals surface area contributed by atoms with Gasteiger partial charge in [0.2, 0.25) is 0 Å². The molecule has 0 spiro atoms. The highest BCUT2D eigenvalue weighted by atomic mass is 16.4. The van der Waals surface area contributed by atoms with Gasteiger partial charge < -0.3 is 19.6 Å². The van der Waals surface area contributed by atoms with E-state index in [0.717, 1.165) is 5.56 Å². The summed E-state index contributed by atoms with van der Waals surface area (Å²) in [5.74, 6) is -1.09. The molecule has 0 radical (unpaired) electrons. The number of carboxylic acid groups (broad SMARTS) is 1. The second-order valence-corrected chi connectivity index (χ2v) is 6.41. The summed E-state index contributed by atoms with van der Waals surface area (Å²) >= 11 is 0. The average Bonchev–Trinajstić information content (AvgIpc) is 3.16. The minimum Gasteiger partial charge on any atom is -0.545 e. The van der Waals surface area contributed by atoms with E-state index in [1.165, 1.54) is 12.1 Å². The topological polar surface area (TPSA) is 106 Å². The molecule has 1 amide bonds. The van der Waals surface area contributed by atoms with E-state index in [1.54, 1.807) is 43.3 Å². The third-order valence-electron chi connectivity index (χ3n) is 4.49. The number of para-hydroxylation sites is 1. The van der Waals surface area contributed by atoms with Gasteiger partial charge in [0.25, 0.3) is 5.91 Å². The van der Waals surface area contributed by atoms with Crippen LogP contribution in [0.1, 0.15) is 27.2 Å². The Morgan fingerprint density at radius 1 is 1.07 bits per heavy atom. The molecule has 2 aromatic carbocycles. The highest BCUT2D eigenvalue weighted by Crippen LogP contribution is 2.28. The van der Waals surface area contributed by atoms with Crippen molar-refractivity contribution in [1.82, 2.24) is 0 Å². The Bertz CT molecular complexity index is 1170. The number of carbonyl (C=O) groups excluding carboxylic acids is 2. The molecule has 0 bridgehead atoms. The maximum absolute atomic E-state index is 12.4. The molecule has 144 valence electrons. The number of nitrogens with one attached hydrogen (secondary N) is 1. The molecule has 0 saturated heterocycles. The van der Waals surface area contributed by atoms with E-state index in [2.05, 4.69) is 5.32 Å². The fourth-order valence-electron chi connectivity index (χ4n) is 2.89. The molecule has 1 aromatic heterocycles. The van der Waals surface area contributed by atoms with Crippen molar-refractivity contribution in [3.63, 3.8) is 0 Å². The van der Waals surface area contributed by atoms with Crippen molar-refractivity contribution in [1.29, 1.82) is 5.26 Å². The molecule has 0 fully saturated rings. The third-order valence-corrected chi connectivity index (χ3v) is 4.49. The maximum atomic E-state index is 12.4. The summed E-state index contributed by atoms with van der Waals surface area (Å²) in [6.45, 7) is 3.52. The van der Waals surface area contributed by atoms with Crippen molar-refractivity contribution in [3.8, 4) is 17.4 Å². The Morgan fingerprint density at radius 2 is 1.83 bits per heavy atom. The van der Waals surface area contributed by atoms with Gasteiger partial charge in [0, 0.05) is 22.9 Å². The summed E-state index contributed by atoms with van der Waals surface area (Å²) in [5.41, 5.74) is 2.56. The second-order valence-electron chi connectivity index (χ2n) is 6.41. The van der Waals surface area contributed by atoms with Crippen LogP contribution in [0, 0.1) is 25.2 Å². The van der Waals surface area contributed by atoms with Gasteiger partial charge in [-0.05, 0) is 43.2 Å². The zero-order valence-corrected chi connectivity index (χ0v) is 15.9. The summed E-state index contributed by atoms with van der Waals surface area (Å²) in [4.78, 5) is 23.6. The van der Waals surface area contributed by atoms with Crippen molar-refractivity contribution in [2.24, 2.45) is 0 Å². The first-order valence-corrected chi connectivity index (χ1v) is 8.80. The number of hydrogen-bond donors (Lipinski definition) is 1. The number of hydrogen-bond acceptors (Lipinski definition) is 5. The lowest BCUT2D eigenvalue weighted by Gasteiger charge is -2.10. The average molecular weight is 385 g/mol. The number of rotatable bonds is 5. The molecule has 6 heteroatoms. The lowest BCUT2D eigenvalue weighted by molar-refractivity contribution is -0.255. The first-order chi connectivity index (χ1) is 13.9. The number of carboxylic acids is 1. The molecule has 0 aliphatic carbocycles. The van der Waals surface area contributed by atoms with E-state index >= 15 is 0 Å². The van der Waals surface area contributed by atoms with Crippen LogP contribution in [0.25, 0.3) is 17.4 Å². The van der Waals surface area contributed by atoms with Gasteiger partial charge in [0.05, 0.1) is 5.97 Å². The highest BCUT2D eigenvalue weighted by molar-refractivity contribution is 6.09. The first-order valence-electron chi connectivity index (χ1n) is 8.80. The zero-order chi connectivity index (χ0) is 21.0. The van der Waals surface area contributed by atoms with Crippen LogP contribution in [0.3, 0.4) is 0 Å². The SMILES string of the molecule is Cc1ccccc1NC(=O)/C(C#N)=C/c1ccc(-c2cccc(C(=O)[O-])c2C)o1. The van der Waals surface area contributed by atoms with Crippen LogP contribution in [-0.2, 0) is 4.79 Å². The summed E-state index contributed by atoms with van der Waals surface area (Å²) in [6, 6.07) is 17.2. The zero-order valence-electron chi connectivity index (χ0n) is 15.9. The van der Waals surface area contributed by atoms with Crippen molar-refractivity contribution in [2.75, 3.05) is 5.32 Å². The quantitative estimate of drug-likeness (QED) is 0.535. The van der Waals surface area contributed by atoms with Crippen LogP contribution in [0.2, 0.25) is 0 Å². The Balaban J connectivity index is 1.88. The van der Waals surface area contributed by atoms with E-state index in [0.29, 0.717) is 28.3 Å². The lowest BCUT2D eigenvalue weighted by atomic mass is 10.0. The van der Waals surface area contributed by atoms with Gasteiger partial charge in [0.1, 0.15) is 23.2 Å². The molecule has 0 aliphatic rings. The molecule has 0 atom stereocenters. The standard InChI is InChI=1S/C23H18N2O4/c1-14-6-3-4-9-20(14)25-22(26)16(13-24)12-17-10-11-21(29-17)18-7-5-8-19(15(18)2)23(27)28/h3-12H,1-2H3,(H,25,26)(H,27,28)/p-1/b16-12+. The van der Waals surface area contributed by atoms with Crippen LogP contribution in [0.15, 0.2) is 64.6 Å². The van der Waals surface area contributed by atoms with E-state index in [4.69, 9.17) is 4.42 Å². The largest absolute Gasteiger partial charge is 0.545 e. The predicted molar refractivity (Wildman–Crippen MR) is 107 cm³/mol. The van der Waals surface area contributed by atoms with Gasteiger partial charge in [-0.2, -0.15) is 5.26 Å². The minimum atomic E-state index is -1.27. The lowest BCUT2D eigenvalue weighted by Crippen LogP contribution is -2.23. The van der Waals surface area contributed by atoms with Gasteiger partial charge in [-0.25, -0.2) is 0 Å². The van der Waals surface area contributed by atoms with Crippen molar-refractivity contribution in [3.05, 3.63) is 82.6 Å². The molecule has 0 aliphatic heterocycles. The number of carbonyl (C=O) groups is 2. The number of nitrogens with zero attached hydrogens (tertiary/aromatic N) is 1. The smallest absolute Gasteiger partial charge is 0.266 e. The molecule has 6 nitrogen and oxygen atoms in total. The molecule has 0 unspecified atom stereocenters. The number of furan rings is 1. The maximum Gasteiger partial charge on any atom is 0.266 e. The number of amides is 1. The van der Waals surface area contributed by atoms with Crippen LogP contribution >= 0.6 is 0 Å². The molecular formula is C23H17N2O4-. The normalized spacial score (nSPS) is 11.0. The molecule has 29 heavy (non-hydrogen) atoms. The van der Waals surface area contributed by atoms with Gasteiger partial charge >= 0.3 is 0 Å². The molecule has 0 saturated carbocycles. The van der Waals surface area contributed by atoms with Crippen molar-refractivity contribution >= 4 is 23.6 Å². The molecule has 3 rings (SSSR count). The van der Waals surface area contributed by atoms with Gasteiger partial charge in [-0.1, -0.05) is 36.4 Å². The first kappa shape index (κ1) is 19.6. The Hall–Kier alpha value is -4.11. The summed E-state index contributed by atoms with van der Waals surface area (Å²) in [5, 5.41) is 23.3. The summed E-state index contributed by atoms with van der Waals surface area (Å²) in [6.07, 6.45) is 1.34. The van der Waals surface area contributed by atoms with Crippen LogP contribution in [0.5, 0.6) is 0 Å². The number of aryl methyl sites for hydroxylation is 1. The molecule has 1 heterocycles. The van der Waals surface area contributed by atoms with Gasteiger partial charge in [-0.3, -0.25) is 4.79 Å². The van der Waals surface area contributed by atoms with E-state index in [-0.39, 0.29) is 11.1 Å². The Morgan fingerprint density at radius 3 is 2.52 bits per heavy atom. The Labute approximate surface area is 167 Å². The van der Waals surface area contributed by atoms with Crippen molar-refractivity contribution in [2.45, 2.75) is 13.8 Å². The van der Waals surface area contributed by atoms with E-state index in [1.807, 2.05) is 25.1 Å².